The van der Waals surface area contributed by atoms with Crippen molar-refractivity contribution in [2.75, 3.05) is 27.2 Å². The molecule has 0 N–H and O–H groups in total. The number of unbranched alkanes of at least 4 members (excludes halogenated alkanes) is 15. The van der Waals surface area contributed by atoms with Gasteiger partial charge in [0.1, 0.15) is 0 Å². The molecule has 3 heteroatoms. The van der Waals surface area contributed by atoms with Gasteiger partial charge in [0, 0.05) is 0 Å². The summed E-state index contributed by atoms with van der Waals surface area (Å²) in [6, 6.07) is 1.47. The molecule has 28 heavy (non-hydrogen) atoms. The monoisotopic (exact) mass is 433 g/mol. The van der Waals surface area contributed by atoms with E-state index in [0.29, 0.717) is 0 Å². The van der Waals surface area contributed by atoms with E-state index in [4.69, 9.17) is 0 Å². The van der Waals surface area contributed by atoms with Crippen LogP contribution in [-0.2, 0) is 0 Å². The lowest BCUT2D eigenvalue weighted by Gasteiger charge is -2.32. The number of hydrogen-bond acceptors (Lipinski definition) is 0. The highest BCUT2D eigenvalue weighted by molar-refractivity contribution is 6.76. The summed E-state index contributed by atoms with van der Waals surface area (Å²) < 4.78 is 1.24. The summed E-state index contributed by atoms with van der Waals surface area (Å²) in [5.41, 5.74) is 0. The summed E-state index contributed by atoms with van der Waals surface area (Å²) in [5.74, 6) is 0. The Morgan fingerprint density at radius 2 is 0.821 bits per heavy atom. The van der Waals surface area contributed by atoms with Crippen molar-refractivity contribution in [1.29, 1.82) is 0 Å². The molecule has 1 nitrogen and oxygen atoms in total. The van der Waals surface area contributed by atoms with Gasteiger partial charge in [-0.3, -0.25) is 0 Å². The van der Waals surface area contributed by atoms with Gasteiger partial charge in [-0.05, 0) is 18.9 Å². The van der Waals surface area contributed by atoms with Crippen molar-refractivity contribution in [2.45, 2.75) is 135 Å². The third-order valence-electron chi connectivity index (χ3n) is 6.08. The van der Waals surface area contributed by atoms with E-state index in [2.05, 4.69) is 40.7 Å². The first-order valence-electron chi connectivity index (χ1n) is 12.6. The molecule has 0 aliphatic rings. The second-order valence-electron chi connectivity index (χ2n) is 11.0. The quantitative estimate of drug-likeness (QED) is 0.132. The number of nitrogens with zero attached hydrogens (tertiary/aromatic N) is 1. The van der Waals surface area contributed by atoms with Crippen molar-refractivity contribution in [1.82, 2.24) is 0 Å². The van der Waals surface area contributed by atoms with E-state index in [9.17, 15) is 0 Å². The first-order valence-corrected chi connectivity index (χ1v) is 16.3. The van der Waals surface area contributed by atoms with Gasteiger partial charge in [-0.2, -0.15) is 0 Å². The SMILES string of the molecule is CCCCCCCCCCCCCCCCCC[N+](C)(C)CC[Si](C)(C)C.[Cl-]. The molecule has 0 aromatic carbocycles. The molecule has 0 saturated heterocycles. The van der Waals surface area contributed by atoms with Crippen LogP contribution in [0.2, 0.25) is 25.7 Å². The van der Waals surface area contributed by atoms with Crippen LogP contribution in [0.25, 0.3) is 0 Å². The van der Waals surface area contributed by atoms with Gasteiger partial charge in [0.15, 0.2) is 0 Å². The number of halogens is 1. The average Bonchev–Trinajstić information content (AvgIpc) is 2.59. The van der Waals surface area contributed by atoms with E-state index in [1.165, 1.54) is 126 Å². The molecule has 0 heterocycles. The Balaban J connectivity index is 0. The Morgan fingerprint density at radius 1 is 0.500 bits per heavy atom. The lowest BCUT2D eigenvalue weighted by Crippen LogP contribution is -3.00. The summed E-state index contributed by atoms with van der Waals surface area (Å²) in [7, 11) is 4.00. The molecule has 0 rings (SSSR count). The van der Waals surface area contributed by atoms with E-state index in [0.717, 1.165) is 0 Å². The van der Waals surface area contributed by atoms with Gasteiger partial charge in [-0.15, -0.1) is 0 Å². The molecule has 0 saturated carbocycles. The first kappa shape index (κ1) is 30.7. The van der Waals surface area contributed by atoms with Crippen molar-refractivity contribution >= 4 is 8.07 Å². The fraction of sp³-hybridized carbons (Fsp3) is 1.00. The van der Waals surface area contributed by atoms with E-state index in [1.807, 2.05) is 0 Å². The van der Waals surface area contributed by atoms with Crippen molar-refractivity contribution in [3.63, 3.8) is 0 Å². The molecule has 0 fully saturated rings. The minimum atomic E-state index is -0.874. The molecule has 0 aromatic rings. The minimum Gasteiger partial charge on any atom is -1.00 e. The van der Waals surface area contributed by atoms with Gasteiger partial charge in [0.2, 0.25) is 0 Å². The number of quaternary nitrogens is 1. The van der Waals surface area contributed by atoms with Gasteiger partial charge in [-0.1, -0.05) is 116 Å². The van der Waals surface area contributed by atoms with Crippen LogP contribution in [0, 0.1) is 0 Å². The van der Waals surface area contributed by atoms with Crippen molar-refractivity contribution in [3.05, 3.63) is 0 Å². The Hall–Kier alpha value is 0.467. The zero-order valence-corrected chi connectivity index (χ0v) is 22.5. The predicted octanol–water partition coefficient (Wildman–Crippen LogP) is 5.67. The van der Waals surface area contributed by atoms with Gasteiger partial charge >= 0.3 is 0 Å². The molecule has 0 atom stereocenters. The molecule has 0 bridgehead atoms. The molecule has 0 aliphatic carbocycles. The normalized spacial score (nSPS) is 12.2. The maximum absolute atomic E-state index is 2.50. The Bertz CT molecular complexity index is 312. The smallest absolute Gasteiger partial charge is 0.0782 e. The molecule has 172 valence electrons. The fourth-order valence-electron chi connectivity index (χ4n) is 3.84. The second kappa shape index (κ2) is 19.4. The summed E-state index contributed by atoms with van der Waals surface area (Å²) in [6.07, 6.45) is 23.4. The standard InChI is InChI=1S/C25H56NSi.ClH/c1-7-8-9-10-11-12-13-14-15-16-17-18-19-20-21-22-23-26(2,3)24-25-27(4,5)6;/h7-25H2,1-6H3;1H/q+1;/p-1. The van der Waals surface area contributed by atoms with Crippen LogP contribution >= 0.6 is 0 Å². The van der Waals surface area contributed by atoms with Gasteiger partial charge in [0.25, 0.3) is 0 Å². The van der Waals surface area contributed by atoms with Crippen LogP contribution in [0.5, 0.6) is 0 Å². The van der Waals surface area contributed by atoms with Crippen LogP contribution in [0.4, 0.5) is 0 Å². The molecule has 0 aliphatic heterocycles. The van der Waals surface area contributed by atoms with Crippen molar-refractivity contribution in [3.8, 4) is 0 Å². The van der Waals surface area contributed by atoms with Crippen LogP contribution in [0.3, 0.4) is 0 Å². The molecule has 0 aromatic heterocycles. The highest BCUT2D eigenvalue weighted by Gasteiger charge is 2.20. The predicted molar refractivity (Wildman–Crippen MR) is 130 cm³/mol. The lowest BCUT2D eigenvalue weighted by molar-refractivity contribution is -0.888. The Morgan fingerprint density at radius 3 is 1.14 bits per heavy atom. The maximum Gasteiger partial charge on any atom is 0.0782 e. The highest BCUT2D eigenvalue weighted by atomic mass is 35.5. The molecule has 0 unspecified atom stereocenters. The fourth-order valence-corrected chi connectivity index (χ4v) is 5.11. The van der Waals surface area contributed by atoms with E-state index in [1.54, 1.807) is 0 Å². The minimum absolute atomic E-state index is 0. The van der Waals surface area contributed by atoms with Crippen molar-refractivity contribution in [2.24, 2.45) is 0 Å². The number of rotatable bonds is 20. The van der Waals surface area contributed by atoms with Crippen LogP contribution in [0.1, 0.15) is 110 Å². The summed E-state index contributed by atoms with van der Waals surface area (Å²) in [5, 5.41) is 0. The maximum atomic E-state index is 2.50. The summed E-state index contributed by atoms with van der Waals surface area (Å²) in [6.45, 7) is 12.6. The Labute approximate surface area is 187 Å². The molecular weight excluding hydrogens is 378 g/mol. The average molecular weight is 434 g/mol. The zero-order chi connectivity index (χ0) is 20.4. The van der Waals surface area contributed by atoms with Crippen LogP contribution < -0.4 is 12.4 Å². The second-order valence-corrected chi connectivity index (χ2v) is 16.6. The van der Waals surface area contributed by atoms with Crippen molar-refractivity contribution < 1.29 is 16.9 Å². The van der Waals surface area contributed by atoms with E-state index in [-0.39, 0.29) is 12.4 Å². The van der Waals surface area contributed by atoms with Gasteiger partial charge in [-0.25, -0.2) is 0 Å². The third kappa shape index (κ3) is 24.5. The highest BCUT2D eigenvalue weighted by Crippen LogP contribution is 2.15. The summed E-state index contributed by atoms with van der Waals surface area (Å²) >= 11 is 0. The van der Waals surface area contributed by atoms with Gasteiger partial charge in [0.05, 0.1) is 35.3 Å². The van der Waals surface area contributed by atoms with Crippen LogP contribution in [-0.4, -0.2) is 39.7 Å². The number of hydrogen-bond donors (Lipinski definition) is 0. The topological polar surface area (TPSA) is 0 Å². The Kier molecular flexibility index (Phi) is 21.3. The molecule has 0 amide bonds. The molecule has 0 spiro atoms. The third-order valence-corrected chi connectivity index (χ3v) is 7.81. The van der Waals surface area contributed by atoms with Gasteiger partial charge < -0.3 is 16.9 Å². The molecular formula is C25H56ClNSi. The molecule has 0 radical (unpaired) electrons. The van der Waals surface area contributed by atoms with Crippen LogP contribution in [0.15, 0.2) is 0 Å². The first-order chi connectivity index (χ1) is 12.8. The van der Waals surface area contributed by atoms with E-state index < -0.39 is 8.07 Å². The summed E-state index contributed by atoms with van der Waals surface area (Å²) in [4.78, 5) is 0. The lowest BCUT2D eigenvalue weighted by atomic mass is 10.0. The zero-order valence-electron chi connectivity index (χ0n) is 20.8. The van der Waals surface area contributed by atoms with E-state index >= 15 is 0 Å². The largest absolute Gasteiger partial charge is 1.00 e.